The first-order chi connectivity index (χ1) is 8.97. The van der Waals surface area contributed by atoms with Crippen LogP contribution >= 0.6 is 11.6 Å². The molecule has 19 heavy (non-hydrogen) atoms. The van der Waals surface area contributed by atoms with E-state index in [4.69, 9.17) is 21.1 Å². The molecule has 0 bridgehead atoms. The molecule has 0 aliphatic heterocycles. The zero-order chi connectivity index (χ0) is 14.0. The van der Waals surface area contributed by atoms with Gasteiger partial charge in [-0.25, -0.2) is 4.79 Å². The molecule has 2 rings (SSSR count). The number of aryl methyl sites for hydroxylation is 1. The molecule has 1 aromatic carbocycles. The predicted octanol–water partition coefficient (Wildman–Crippen LogP) is 2.59. The van der Waals surface area contributed by atoms with Crippen LogP contribution in [0.25, 0.3) is 0 Å². The van der Waals surface area contributed by atoms with E-state index in [0.29, 0.717) is 10.6 Å². The molecule has 7 heteroatoms. The summed E-state index contributed by atoms with van der Waals surface area (Å²) in [5.74, 6) is -2.00. The minimum atomic E-state index is -1.24. The molecule has 0 spiro atoms. The Kier molecular flexibility index (Phi) is 3.52. The van der Waals surface area contributed by atoms with Crippen LogP contribution in [-0.4, -0.2) is 22.0 Å². The number of hydrogen-bond donors (Lipinski definition) is 2. The van der Waals surface area contributed by atoms with Gasteiger partial charge in [-0.1, -0.05) is 11.6 Å². The largest absolute Gasteiger partial charge is 0.475 e. The number of rotatable bonds is 3. The fourth-order valence-electron chi connectivity index (χ4n) is 1.42. The molecule has 0 saturated carbocycles. The molecule has 1 amide bonds. The summed E-state index contributed by atoms with van der Waals surface area (Å²) < 4.78 is 4.92. The van der Waals surface area contributed by atoms with E-state index in [9.17, 15) is 9.59 Å². The molecule has 0 atom stereocenters. The first-order valence-electron chi connectivity index (χ1n) is 5.25. The molecular formula is C12H9ClN2O4. The van der Waals surface area contributed by atoms with E-state index in [1.165, 1.54) is 19.1 Å². The lowest BCUT2D eigenvalue weighted by Crippen LogP contribution is -2.11. The zero-order valence-corrected chi connectivity index (χ0v) is 10.6. The second kappa shape index (κ2) is 5.11. The Bertz CT molecular complexity index is 634. The van der Waals surface area contributed by atoms with E-state index in [2.05, 4.69) is 10.3 Å². The highest BCUT2D eigenvalue weighted by Crippen LogP contribution is 2.16. The van der Waals surface area contributed by atoms with Crippen LogP contribution in [0.3, 0.4) is 0 Å². The topological polar surface area (TPSA) is 92.4 Å². The molecule has 6 nitrogen and oxygen atoms in total. The third-order valence-corrected chi connectivity index (χ3v) is 2.57. The molecule has 0 saturated heterocycles. The van der Waals surface area contributed by atoms with Crippen molar-refractivity contribution in [3.05, 3.63) is 46.3 Å². The van der Waals surface area contributed by atoms with Crippen molar-refractivity contribution in [1.82, 2.24) is 4.98 Å². The fourth-order valence-corrected chi connectivity index (χ4v) is 1.54. The highest BCUT2D eigenvalue weighted by Gasteiger charge is 2.17. The maximum atomic E-state index is 11.8. The number of nitrogens with one attached hydrogen (secondary N) is 1. The Morgan fingerprint density at radius 1 is 1.32 bits per heavy atom. The smallest absolute Gasteiger partial charge is 0.373 e. The summed E-state index contributed by atoms with van der Waals surface area (Å²) in [4.78, 5) is 26.4. The lowest BCUT2D eigenvalue weighted by atomic mass is 10.2. The van der Waals surface area contributed by atoms with Crippen LogP contribution in [0.15, 0.2) is 28.7 Å². The highest BCUT2D eigenvalue weighted by atomic mass is 35.5. The first-order valence-corrected chi connectivity index (χ1v) is 5.63. The van der Waals surface area contributed by atoms with Gasteiger partial charge in [-0.05, 0) is 31.2 Å². The van der Waals surface area contributed by atoms with Crippen LogP contribution < -0.4 is 5.32 Å². The lowest BCUT2D eigenvalue weighted by molar-refractivity contribution is 0.0661. The minimum Gasteiger partial charge on any atom is -0.475 e. The number of carbonyl (C=O) groups is 2. The van der Waals surface area contributed by atoms with Gasteiger partial charge in [0.25, 0.3) is 5.91 Å². The van der Waals surface area contributed by atoms with E-state index >= 15 is 0 Å². The van der Waals surface area contributed by atoms with Gasteiger partial charge in [-0.15, -0.1) is 0 Å². The number of benzene rings is 1. The van der Waals surface area contributed by atoms with Crippen LogP contribution in [0, 0.1) is 6.92 Å². The third-order valence-electron chi connectivity index (χ3n) is 2.32. The van der Waals surface area contributed by atoms with Gasteiger partial charge in [0.1, 0.15) is 0 Å². The van der Waals surface area contributed by atoms with Crippen LogP contribution in [0.4, 0.5) is 6.01 Å². The summed E-state index contributed by atoms with van der Waals surface area (Å²) >= 11 is 5.71. The van der Waals surface area contributed by atoms with Crippen LogP contribution in [0.1, 0.15) is 26.6 Å². The van der Waals surface area contributed by atoms with Gasteiger partial charge in [-0.3, -0.25) is 10.1 Å². The van der Waals surface area contributed by atoms with Gasteiger partial charge in [0.05, 0.1) is 5.69 Å². The Morgan fingerprint density at radius 2 is 1.95 bits per heavy atom. The van der Waals surface area contributed by atoms with E-state index in [0.717, 1.165) is 0 Å². The van der Waals surface area contributed by atoms with Crippen molar-refractivity contribution in [1.29, 1.82) is 0 Å². The number of hydrogen-bond acceptors (Lipinski definition) is 4. The van der Waals surface area contributed by atoms with E-state index in [1.54, 1.807) is 12.1 Å². The van der Waals surface area contributed by atoms with E-state index < -0.39 is 11.9 Å². The number of amides is 1. The number of oxazole rings is 1. The minimum absolute atomic E-state index is 0.158. The van der Waals surface area contributed by atoms with Crippen molar-refractivity contribution in [3.63, 3.8) is 0 Å². The quantitative estimate of drug-likeness (QED) is 0.901. The van der Waals surface area contributed by atoms with Gasteiger partial charge in [0.15, 0.2) is 0 Å². The van der Waals surface area contributed by atoms with Crippen molar-refractivity contribution < 1.29 is 19.1 Å². The average molecular weight is 281 g/mol. The van der Waals surface area contributed by atoms with Crippen molar-refractivity contribution in [2.75, 3.05) is 5.32 Å². The van der Waals surface area contributed by atoms with Crippen LogP contribution in [0.5, 0.6) is 0 Å². The second-order valence-electron chi connectivity index (χ2n) is 3.70. The van der Waals surface area contributed by atoms with Gasteiger partial charge in [0, 0.05) is 10.6 Å². The maximum Gasteiger partial charge on any atom is 0.373 e. The molecule has 0 aliphatic carbocycles. The Morgan fingerprint density at radius 3 is 2.47 bits per heavy atom. The lowest BCUT2D eigenvalue weighted by Gasteiger charge is -2.00. The summed E-state index contributed by atoms with van der Waals surface area (Å²) in [6.45, 7) is 1.48. The molecule has 98 valence electrons. The Labute approximate surface area is 113 Å². The molecule has 1 heterocycles. The first kappa shape index (κ1) is 13.1. The monoisotopic (exact) mass is 280 g/mol. The number of aromatic nitrogens is 1. The molecular weight excluding hydrogens is 272 g/mol. The zero-order valence-electron chi connectivity index (χ0n) is 9.81. The number of anilines is 1. The normalized spacial score (nSPS) is 10.2. The second-order valence-corrected chi connectivity index (χ2v) is 4.14. The number of halogens is 1. The van der Waals surface area contributed by atoms with Gasteiger partial charge in [-0.2, -0.15) is 4.98 Å². The summed E-state index contributed by atoms with van der Waals surface area (Å²) in [6, 6.07) is 6.05. The summed E-state index contributed by atoms with van der Waals surface area (Å²) in [7, 11) is 0. The molecule has 1 aromatic heterocycles. The molecule has 0 fully saturated rings. The van der Waals surface area contributed by atoms with Gasteiger partial charge < -0.3 is 9.52 Å². The molecule has 0 aliphatic rings. The van der Waals surface area contributed by atoms with Crippen LogP contribution in [-0.2, 0) is 0 Å². The number of carbonyl (C=O) groups excluding carboxylic acids is 1. The van der Waals surface area contributed by atoms with E-state index in [1.807, 2.05) is 0 Å². The standard InChI is InChI=1S/C12H9ClN2O4/c1-6-9(11(17)18)19-12(14-6)15-10(16)7-2-4-8(13)5-3-7/h2-5H,1H3,(H,17,18)(H,14,15,16). The average Bonchev–Trinajstić information content (AvgIpc) is 2.71. The number of carboxylic acids is 1. The summed E-state index contributed by atoms with van der Waals surface area (Å²) in [6.07, 6.45) is 0. The molecule has 2 aromatic rings. The van der Waals surface area contributed by atoms with Crippen molar-refractivity contribution in [3.8, 4) is 0 Å². The van der Waals surface area contributed by atoms with Crippen molar-refractivity contribution in [2.45, 2.75) is 6.92 Å². The third kappa shape index (κ3) is 2.92. The Hall–Kier alpha value is -2.34. The van der Waals surface area contributed by atoms with Crippen molar-refractivity contribution >= 4 is 29.5 Å². The van der Waals surface area contributed by atoms with Crippen molar-refractivity contribution in [2.24, 2.45) is 0 Å². The maximum absolute atomic E-state index is 11.8. The van der Waals surface area contributed by atoms with Gasteiger partial charge in [0.2, 0.25) is 5.76 Å². The molecule has 0 unspecified atom stereocenters. The fraction of sp³-hybridized carbons (Fsp3) is 0.0833. The summed E-state index contributed by atoms with van der Waals surface area (Å²) in [5, 5.41) is 11.7. The molecule has 2 N–H and O–H groups in total. The van der Waals surface area contributed by atoms with E-state index in [-0.39, 0.29) is 17.5 Å². The Balaban J connectivity index is 2.17. The number of nitrogens with zero attached hydrogens (tertiary/aromatic N) is 1. The highest BCUT2D eigenvalue weighted by molar-refractivity contribution is 6.30. The SMILES string of the molecule is Cc1nc(NC(=O)c2ccc(Cl)cc2)oc1C(=O)O. The predicted molar refractivity (Wildman–Crippen MR) is 67.6 cm³/mol. The molecule has 0 radical (unpaired) electrons. The van der Waals surface area contributed by atoms with Gasteiger partial charge >= 0.3 is 12.0 Å². The van der Waals surface area contributed by atoms with Crippen LogP contribution in [0.2, 0.25) is 5.02 Å². The summed E-state index contributed by atoms with van der Waals surface area (Å²) in [5.41, 5.74) is 0.552. The number of carboxylic acid groups (broad SMARTS) is 1. The number of aromatic carboxylic acids is 1.